The summed E-state index contributed by atoms with van der Waals surface area (Å²) in [6.07, 6.45) is -4.38. The molecule has 0 saturated heterocycles. The Hall–Kier alpha value is -2.27. The van der Waals surface area contributed by atoms with E-state index >= 15 is 0 Å². The average Bonchev–Trinajstić information content (AvgIpc) is 2.60. The van der Waals surface area contributed by atoms with Crippen LogP contribution in [0.5, 0.6) is 5.75 Å². The zero-order chi connectivity index (χ0) is 17.9. The molecule has 25 heavy (non-hydrogen) atoms. The fourth-order valence-corrected chi connectivity index (χ4v) is 2.89. The van der Waals surface area contributed by atoms with Crippen LogP contribution < -0.4 is 4.74 Å². The molecule has 5 heteroatoms. The van der Waals surface area contributed by atoms with E-state index < -0.39 is 11.7 Å². The lowest BCUT2D eigenvalue weighted by molar-refractivity contribution is -0.137. The molecule has 0 N–H and O–H groups in total. The first kappa shape index (κ1) is 17.5. The quantitative estimate of drug-likeness (QED) is 0.467. The van der Waals surface area contributed by atoms with Crippen molar-refractivity contribution in [3.63, 3.8) is 0 Å². The third-order valence-electron chi connectivity index (χ3n) is 3.69. The number of ether oxygens (including phenoxy) is 1. The third-order valence-corrected chi connectivity index (χ3v) is 4.38. The first-order valence-corrected chi connectivity index (χ1v) is 8.37. The summed E-state index contributed by atoms with van der Waals surface area (Å²) in [5, 5.41) is 0. The monoisotopic (exact) mass is 406 g/mol. The minimum atomic E-state index is -4.38. The second-order valence-electron chi connectivity index (χ2n) is 5.49. The van der Waals surface area contributed by atoms with Gasteiger partial charge in [0.2, 0.25) is 0 Å². The minimum absolute atomic E-state index is 0.397. The number of halogens is 4. The molecule has 0 aromatic heterocycles. The van der Waals surface area contributed by atoms with Crippen LogP contribution in [0.3, 0.4) is 0 Å². The van der Waals surface area contributed by atoms with Gasteiger partial charge in [0.25, 0.3) is 0 Å². The van der Waals surface area contributed by atoms with Crippen molar-refractivity contribution in [1.82, 2.24) is 0 Å². The molecule has 0 amide bonds. The Morgan fingerprint density at radius 2 is 1.60 bits per heavy atom. The number of benzene rings is 3. The molecule has 0 aliphatic carbocycles. The van der Waals surface area contributed by atoms with E-state index in [9.17, 15) is 13.2 Å². The molecule has 1 nitrogen and oxygen atoms in total. The van der Waals surface area contributed by atoms with E-state index in [1.165, 1.54) is 6.07 Å². The molecular formula is C20H14BrF3O. The van der Waals surface area contributed by atoms with E-state index in [-0.39, 0.29) is 0 Å². The van der Waals surface area contributed by atoms with E-state index in [1.807, 2.05) is 30.3 Å². The minimum Gasteiger partial charge on any atom is -0.489 e. The zero-order valence-corrected chi connectivity index (χ0v) is 14.6. The smallest absolute Gasteiger partial charge is 0.416 e. The molecule has 0 aliphatic heterocycles. The van der Waals surface area contributed by atoms with Crippen LogP contribution in [0, 0.1) is 0 Å². The van der Waals surface area contributed by atoms with Crippen molar-refractivity contribution in [2.75, 3.05) is 0 Å². The predicted octanol–water partition coefficient (Wildman–Crippen LogP) is 6.71. The van der Waals surface area contributed by atoms with Crippen LogP contribution in [-0.2, 0) is 12.8 Å². The van der Waals surface area contributed by atoms with E-state index in [4.69, 9.17) is 4.74 Å². The molecule has 0 radical (unpaired) electrons. The second kappa shape index (κ2) is 7.31. The van der Waals surface area contributed by atoms with E-state index in [0.717, 1.165) is 17.7 Å². The lowest BCUT2D eigenvalue weighted by Crippen LogP contribution is -2.04. The maximum absolute atomic E-state index is 13.0. The summed E-state index contributed by atoms with van der Waals surface area (Å²) in [5.41, 5.74) is 1.47. The summed E-state index contributed by atoms with van der Waals surface area (Å²) in [5.74, 6) is 0.602. The van der Waals surface area contributed by atoms with Crippen molar-refractivity contribution in [2.24, 2.45) is 0 Å². The van der Waals surface area contributed by atoms with Gasteiger partial charge in [-0.2, -0.15) is 13.2 Å². The molecule has 3 aromatic rings. The SMILES string of the molecule is FC(F)(F)c1ccc(Br)c(-c2cccc(OCc3ccccc3)c2)c1. The molecule has 0 aliphatic rings. The predicted molar refractivity (Wildman–Crippen MR) is 95.4 cm³/mol. The molecule has 128 valence electrons. The highest BCUT2D eigenvalue weighted by Crippen LogP contribution is 2.36. The van der Waals surface area contributed by atoms with Crippen LogP contribution in [0.25, 0.3) is 11.1 Å². The van der Waals surface area contributed by atoms with Gasteiger partial charge in [-0.1, -0.05) is 58.4 Å². The van der Waals surface area contributed by atoms with E-state index in [1.54, 1.807) is 24.3 Å². The van der Waals surface area contributed by atoms with Gasteiger partial charge >= 0.3 is 6.18 Å². The van der Waals surface area contributed by atoms with Gasteiger partial charge in [-0.3, -0.25) is 0 Å². The second-order valence-corrected chi connectivity index (χ2v) is 6.35. The van der Waals surface area contributed by atoms with Crippen molar-refractivity contribution in [2.45, 2.75) is 12.8 Å². The lowest BCUT2D eigenvalue weighted by atomic mass is 10.0. The van der Waals surface area contributed by atoms with Gasteiger partial charge in [0.15, 0.2) is 0 Å². The summed E-state index contributed by atoms with van der Waals surface area (Å²) < 4.78 is 45.2. The maximum Gasteiger partial charge on any atom is 0.416 e. The van der Waals surface area contributed by atoms with E-state index in [2.05, 4.69) is 15.9 Å². The molecule has 0 spiro atoms. The standard InChI is InChI=1S/C20H14BrF3O/c21-19-10-9-16(20(22,23)24)12-18(19)15-7-4-8-17(11-15)25-13-14-5-2-1-3-6-14/h1-12H,13H2. The Labute approximate surface area is 152 Å². The highest BCUT2D eigenvalue weighted by Gasteiger charge is 2.31. The maximum atomic E-state index is 13.0. The van der Waals surface area contributed by atoms with E-state index in [0.29, 0.717) is 28.0 Å². The fourth-order valence-electron chi connectivity index (χ4n) is 2.42. The molecule has 0 fully saturated rings. The highest BCUT2D eigenvalue weighted by atomic mass is 79.9. The van der Waals surface area contributed by atoms with Gasteiger partial charge in [-0.05, 0) is 47.0 Å². The lowest BCUT2D eigenvalue weighted by Gasteiger charge is -2.12. The number of rotatable bonds is 4. The molecule has 0 saturated carbocycles. The average molecular weight is 407 g/mol. The molecule has 0 bridgehead atoms. The Bertz CT molecular complexity index is 860. The topological polar surface area (TPSA) is 9.23 Å². The Balaban J connectivity index is 1.86. The van der Waals surface area contributed by atoms with Crippen molar-refractivity contribution in [3.8, 4) is 16.9 Å². The van der Waals surface area contributed by atoms with Gasteiger partial charge < -0.3 is 4.74 Å². The van der Waals surface area contributed by atoms with Crippen LogP contribution in [0.1, 0.15) is 11.1 Å². The van der Waals surface area contributed by atoms with Gasteiger partial charge in [0.1, 0.15) is 12.4 Å². The third kappa shape index (κ3) is 4.42. The van der Waals surface area contributed by atoms with Crippen LogP contribution in [0.4, 0.5) is 13.2 Å². The van der Waals surface area contributed by atoms with Crippen molar-refractivity contribution < 1.29 is 17.9 Å². The summed E-state index contributed by atoms with van der Waals surface area (Å²) in [7, 11) is 0. The van der Waals surface area contributed by atoms with Gasteiger partial charge in [0, 0.05) is 4.47 Å². The van der Waals surface area contributed by atoms with Crippen molar-refractivity contribution >= 4 is 15.9 Å². The van der Waals surface area contributed by atoms with Crippen molar-refractivity contribution in [3.05, 3.63) is 88.4 Å². The number of hydrogen-bond acceptors (Lipinski definition) is 1. The van der Waals surface area contributed by atoms with Gasteiger partial charge in [-0.15, -0.1) is 0 Å². The first-order chi connectivity index (χ1) is 11.9. The molecule has 0 atom stereocenters. The molecule has 3 aromatic carbocycles. The Morgan fingerprint density at radius 1 is 0.840 bits per heavy atom. The normalized spacial score (nSPS) is 11.4. The molecule has 3 rings (SSSR count). The number of alkyl halides is 3. The van der Waals surface area contributed by atoms with Crippen LogP contribution in [0.15, 0.2) is 77.3 Å². The summed E-state index contributed by atoms with van der Waals surface area (Å²) in [4.78, 5) is 0. The van der Waals surface area contributed by atoms with Crippen LogP contribution >= 0.6 is 15.9 Å². The first-order valence-electron chi connectivity index (χ1n) is 7.57. The summed E-state index contributed by atoms with van der Waals surface area (Å²) in [6, 6.07) is 20.3. The Morgan fingerprint density at radius 3 is 2.32 bits per heavy atom. The number of hydrogen-bond donors (Lipinski definition) is 0. The van der Waals surface area contributed by atoms with Crippen LogP contribution in [0.2, 0.25) is 0 Å². The van der Waals surface area contributed by atoms with Crippen LogP contribution in [-0.4, -0.2) is 0 Å². The summed E-state index contributed by atoms with van der Waals surface area (Å²) >= 11 is 3.33. The Kier molecular flexibility index (Phi) is 5.13. The summed E-state index contributed by atoms with van der Waals surface area (Å²) in [6.45, 7) is 0.397. The van der Waals surface area contributed by atoms with Crippen molar-refractivity contribution in [1.29, 1.82) is 0 Å². The van der Waals surface area contributed by atoms with Gasteiger partial charge in [-0.25, -0.2) is 0 Å². The molecular weight excluding hydrogens is 393 g/mol. The highest BCUT2D eigenvalue weighted by molar-refractivity contribution is 9.10. The fraction of sp³-hybridized carbons (Fsp3) is 0.100. The zero-order valence-electron chi connectivity index (χ0n) is 13.1. The molecule has 0 unspecified atom stereocenters. The molecule has 0 heterocycles. The van der Waals surface area contributed by atoms with Gasteiger partial charge in [0.05, 0.1) is 5.56 Å². The largest absolute Gasteiger partial charge is 0.489 e.